The Labute approximate surface area is 114 Å². The number of halogens is 2. The molecule has 1 N–H and O–H groups in total. The average Bonchev–Trinajstić information content (AvgIpc) is 2.39. The van der Waals surface area contributed by atoms with E-state index in [1.807, 2.05) is 6.92 Å². The quantitative estimate of drug-likeness (QED) is 0.936. The van der Waals surface area contributed by atoms with Gasteiger partial charge in [-0.15, -0.1) is 0 Å². The summed E-state index contributed by atoms with van der Waals surface area (Å²) >= 11 is 5.68. The maximum absolute atomic E-state index is 13.0. The molecular weight excluding hydrogens is 269 g/mol. The summed E-state index contributed by atoms with van der Waals surface area (Å²) in [5, 5.41) is 2.84. The van der Waals surface area contributed by atoms with Crippen molar-refractivity contribution in [3.05, 3.63) is 51.8 Å². The third kappa shape index (κ3) is 3.12. The molecule has 2 rings (SSSR count). The number of anilines is 2. The molecule has 0 amide bonds. The molecule has 0 unspecified atom stereocenters. The molecular formula is C13H13ClFN3O. The van der Waals surface area contributed by atoms with Crippen LogP contribution in [0.2, 0.25) is 5.02 Å². The highest BCUT2D eigenvalue weighted by Crippen LogP contribution is 2.20. The Morgan fingerprint density at radius 2 is 2.26 bits per heavy atom. The summed E-state index contributed by atoms with van der Waals surface area (Å²) in [6.07, 6.45) is 4.03. The van der Waals surface area contributed by atoms with E-state index < -0.39 is 5.82 Å². The van der Waals surface area contributed by atoms with Crippen LogP contribution in [-0.2, 0) is 6.54 Å². The van der Waals surface area contributed by atoms with E-state index in [4.69, 9.17) is 11.6 Å². The molecule has 100 valence electrons. The maximum Gasteiger partial charge on any atom is 0.293 e. The minimum absolute atomic E-state index is 0.00480. The molecule has 0 bridgehead atoms. The summed E-state index contributed by atoms with van der Waals surface area (Å²) in [6, 6.07) is 4.15. The first kappa shape index (κ1) is 13.5. The molecule has 0 saturated heterocycles. The summed E-state index contributed by atoms with van der Waals surface area (Å²) in [5.41, 5.74) is 0.301. The topological polar surface area (TPSA) is 46.9 Å². The van der Waals surface area contributed by atoms with Crippen molar-refractivity contribution < 1.29 is 4.39 Å². The van der Waals surface area contributed by atoms with E-state index in [1.54, 1.807) is 17.0 Å². The van der Waals surface area contributed by atoms with Crippen molar-refractivity contribution in [2.75, 3.05) is 5.32 Å². The van der Waals surface area contributed by atoms with Gasteiger partial charge in [-0.3, -0.25) is 4.79 Å². The van der Waals surface area contributed by atoms with Gasteiger partial charge in [0.1, 0.15) is 5.82 Å². The van der Waals surface area contributed by atoms with E-state index >= 15 is 0 Å². The molecule has 6 heteroatoms. The lowest BCUT2D eigenvalue weighted by Gasteiger charge is -2.08. The van der Waals surface area contributed by atoms with E-state index in [9.17, 15) is 9.18 Å². The third-order valence-corrected chi connectivity index (χ3v) is 2.85. The van der Waals surface area contributed by atoms with Gasteiger partial charge < -0.3 is 9.88 Å². The Balaban J connectivity index is 2.30. The number of aromatic nitrogens is 2. The van der Waals surface area contributed by atoms with Crippen LogP contribution < -0.4 is 10.9 Å². The first-order chi connectivity index (χ1) is 9.11. The molecule has 0 atom stereocenters. The number of aryl methyl sites for hydroxylation is 1. The van der Waals surface area contributed by atoms with Gasteiger partial charge in [0.15, 0.2) is 5.82 Å². The highest BCUT2D eigenvalue weighted by atomic mass is 35.5. The molecule has 0 aliphatic rings. The normalized spacial score (nSPS) is 10.5. The average molecular weight is 282 g/mol. The molecule has 2 aromatic rings. The second-order valence-corrected chi connectivity index (χ2v) is 4.44. The third-order valence-electron chi connectivity index (χ3n) is 2.56. The van der Waals surface area contributed by atoms with Crippen LogP contribution in [0.4, 0.5) is 15.9 Å². The summed E-state index contributed by atoms with van der Waals surface area (Å²) < 4.78 is 14.6. The summed E-state index contributed by atoms with van der Waals surface area (Å²) in [7, 11) is 0. The zero-order valence-corrected chi connectivity index (χ0v) is 11.1. The lowest BCUT2D eigenvalue weighted by atomic mass is 10.3. The largest absolute Gasteiger partial charge is 0.336 e. The van der Waals surface area contributed by atoms with Crippen molar-refractivity contribution in [1.29, 1.82) is 0 Å². The number of benzene rings is 1. The fraction of sp³-hybridized carbons (Fsp3) is 0.231. The van der Waals surface area contributed by atoms with Crippen LogP contribution in [-0.4, -0.2) is 9.55 Å². The van der Waals surface area contributed by atoms with Gasteiger partial charge in [0.2, 0.25) is 0 Å². The van der Waals surface area contributed by atoms with Gasteiger partial charge >= 0.3 is 0 Å². The Hall–Kier alpha value is -1.88. The van der Waals surface area contributed by atoms with Crippen molar-refractivity contribution >= 4 is 23.1 Å². The van der Waals surface area contributed by atoms with Gasteiger partial charge in [-0.2, -0.15) is 0 Å². The van der Waals surface area contributed by atoms with Crippen LogP contribution in [0.25, 0.3) is 0 Å². The molecule has 0 saturated carbocycles. The fourth-order valence-electron chi connectivity index (χ4n) is 1.66. The second kappa shape index (κ2) is 5.84. The van der Waals surface area contributed by atoms with Gasteiger partial charge in [-0.25, -0.2) is 9.37 Å². The lowest BCUT2D eigenvalue weighted by Crippen LogP contribution is -2.23. The highest BCUT2D eigenvalue weighted by molar-refractivity contribution is 6.31. The van der Waals surface area contributed by atoms with E-state index in [1.165, 1.54) is 18.2 Å². The lowest BCUT2D eigenvalue weighted by molar-refractivity contribution is 0.628. The molecule has 0 aliphatic heterocycles. The molecule has 1 heterocycles. The SMILES string of the molecule is CCCn1ccnc(Nc2ccc(F)c(Cl)c2)c1=O. The van der Waals surface area contributed by atoms with Gasteiger partial charge in [-0.05, 0) is 24.6 Å². The number of hydrogen-bond acceptors (Lipinski definition) is 3. The number of nitrogens with zero attached hydrogens (tertiary/aromatic N) is 2. The van der Waals surface area contributed by atoms with Crippen LogP contribution in [0.1, 0.15) is 13.3 Å². The predicted octanol–water partition coefficient (Wildman–Crippen LogP) is 3.19. The highest BCUT2D eigenvalue weighted by Gasteiger charge is 2.06. The Bertz CT molecular complexity index is 642. The van der Waals surface area contributed by atoms with E-state index in [0.717, 1.165) is 6.42 Å². The number of hydrogen-bond donors (Lipinski definition) is 1. The van der Waals surface area contributed by atoms with E-state index in [0.29, 0.717) is 12.2 Å². The van der Waals surface area contributed by atoms with Crippen molar-refractivity contribution in [2.45, 2.75) is 19.9 Å². The van der Waals surface area contributed by atoms with Crippen LogP contribution in [0, 0.1) is 5.82 Å². The van der Waals surface area contributed by atoms with Gasteiger partial charge in [0.25, 0.3) is 5.56 Å². The van der Waals surface area contributed by atoms with Crippen molar-refractivity contribution in [3.8, 4) is 0 Å². The molecule has 0 aliphatic carbocycles. The van der Waals surface area contributed by atoms with Crippen LogP contribution in [0.3, 0.4) is 0 Å². The zero-order valence-electron chi connectivity index (χ0n) is 10.4. The molecule has 0 radical (unpaired) electrons. The van der Waals surface area contributed by atoms with Gasteiger partial charge in [0.05, 0.1) is 5.02 Å². The van der Waals surface area contributed by atoms with Crippen LogP contribution >= 0.6 is 11.6 Å². The van der Waals surface area contributed by atoms with Gasteiger partial charge in [0, 0.05) is 24.6 Å². The van der Waals surface area contributed by atoms with Gasteiger partial charge in [-0.1, -0.05) is 18.5 Å². The minimum Gasteiger partial charge on any atom is -0.336 e. The molecule has 1 aromatic heterocycles. The van der Waals surface area contributed by atoms with Crippen molar-refractivity contribution in [1.82, 2.24) is 9.55 Å². The van der Waals surface area contributed by atoms with Crippen molar-refractivity contribution in [2.24, 2.45) is 0 Å². The maximum atomic E-state index is 13.0. The summed E-state index contributed by atoms with van der Waals surface area (Å²) in [6.45, 7) is 2.61. The monoisotopic (exact) mass is 281 g/mol. The molecule has 0 spiro atoms. The van der Waals surface area contributed by atoms with E-state index in [2.05, 4.69) is 10.3 Å². The summed E-state index contributed by atoms with van der Waals surface area (Å²) in [4.78, 5) is 16.0. The Kier molecular flexibility index (Phi) is 4.16. The van der Waals surface area contributed by atoms with Crippen LogP contribution in [0.5, 0.6) is 0 Å². The summed E-state index contributed by atoms with van der Waals surface area (Å²) in [5.74, 6) is -0.310. The first-order valence-corrected chi connectivity index (χ1v) is 6.27. The zero-order chi connectivity index (χ0) is 13.8. The smallest absolute Gasteiger partial charge is 0.293 e. The van der Waals surface area contributed by atoms with Crippen molar-refractivity contribution in [3.63, 3.8) is 0 Å². The number of rotatable bonds is 4. The predicted molar refractivity (Wildman–Crippen MR) is 73.5 cm³/mol. The standard InChI is InChI=1S/C13H13ClFN3O/c1-2-6-18-7-5-16-12(13(18)19)17-9-3-4-11(15)10(14)8-9/h3-5,7-8H,2,6H2,1H3,(H,16,17). The second-order valence-electron chi connectivity index (χ2n) is 4.03. The van der Waals surface area contributed by atoms with Crippen LogP contribution in [0.15, 0.2) is 35.4 Å². The molecule has 4 nitrogen and oxygen atoms in total. The molecule has 1 aromatic carbocycles. The molecule has 0 fully saturated rings. The minimum atomic E-state index is -0.503. The Morgan fingerprint density at radius 1 is 1.47 bits per heavy atom. The number of nitrogens with one attached hydrogen (secondary N) is 1. The Morgan fingerprint density at radius 3 is 2.95 bits per heavy atom. The first-order valence-electron chi connectivity index (χ1n) is 5.89. The van der Waals surface area contributed by atoms with E-state index in [-0.39, 0.29) is 16.4 Å². The fourth-order valence-corrected chi connectivity index (χ4v) is 1.84. The molecule has 19 heavy (non-hydrogen) atoms.